The normalized spacial score (nSPS) is 13.8. The Balaban J connectivity index is 2.31. The Morgan fingerprint density at radius 3 is 2.65 bits per heavy atom. The third-order valence-corrected chi connectivity index (χ3v) is 5.52. The molecule has 0 aliphatic heterocycles. The van der Waals surface area contributed by atoms with Gasteiger partial charge >= 0.3 is 0 Å². The summed E-state index contributed by atoms with van der Waals surface area (Å²) in [5, 5.41) is 13.6. The number of aliphatic hydroxyl groups excluding tert-OH is 1. The van der Waals surface area contributed by atoms with Crippen molar-refractivity contribution in [3.8, 4) is 0 Å². The summed E-state index contributed by atoms with van der Waals surface area (Å²) in [7, 11) is 0. The molecule has 0 spiro atoms. The second kappa shape index (κ2) is 9.01. The van der Waals surface area contributed by atoms with Gasteiger partial charge in [-0.15, -0.1) is 0 Å². The third kappa shape index (κ3) is 5.31. The molecule has 6 nitrogen and oxygen atoms in total. The molecule has 142 valence electrons. The van der Waals surface area contributed by atoms with E-state index in [4.69, 9.17) is 0 Å². The monoisotopic (exact) mass is 441 g/mol. The highest BCUT2D eigenvalue weighted by atomic mass is 79.9. The summed E-state index contributed by atoms with van der Waals surface area (Å²) in [6, 6.07) is 5.37. The minimum atomic E-state index is -0.701. The highest BCUT2D eigenvalue weighted by Gasteiger charge is 2.16. The predicted octanol–water partition coefficient (Wildman–Crippen LogP) is 2.79. The van der Waals surface area contributed by atoms with Gasteiger partial charge in [-0.3, -0.25) is 14.2 Å². The van der Waals surface area contributed by atoms with Crippen molar-refractivity contribution < 1.29 is 9.90 Å². The summed E-state index contributed by atoms with van der Waals surface area (Å²) in [6.07, 6.45) is -0.701. The first-order valence-corrected chi connectivity index (χ1v) is 10.3. The van der Waals surface area contributed by atoms with Crippen molar-refractivity contribution in [2.75, 3.05) is 5.75 Å². The zero-order valence-corrected chi connectivity index (χ0v) is 17.7. The number of hydrogen-bond acceptors (Lipinski definition) is 5. The molecule has 8 heteroatoms. The van der Waals surface area contributed by atoms with Gasteiger partial charge in [-0.25, -0.2) is 4.98 Å². The third-order valence-electron chi connectivity index (χ3n) is 4.05. The quantitative estimate of drug-likeness (QED) is 0.509. The zero-order valence-electron chi connectivity index (χ0n) is 15.3. The van der Waals surface area contributed by atoms with Crippen LogP contribution in [0.3, 0.4) is 0 Å². The van der Waals surface area contributed by atoms with Crippen LogP contribution in [0.5, 0.6) is 0 Å². The molecule has 1 aromatic carbocycles. The van der Waals surface area contributed by atoms with Crippen LogP contribution in [-0.4, -0.2) is 38.5 Å². The molecule has 2 atom stereocenters. The number of thioether (sulfide) groups is 1. The number of nitrogens with one attached hydrogen (secondary N) is 1. The van der Waals surface area contributed by atoms with Gasteiger partial charge in [0.05, 0.1) is 29.3 Å². The summed E-state index contributed by atoms with van der Waals surface area (Å²) >= 11 is 4.56. The lowest BCUT2D eigenvalue weighted by Crippen LogP contribution is -2.37. The fourth-order valence-corrected chi connectivity index (χ4v) is 3.48. The molecule has 1 amide bonds. The van der Waals surface area contributed by atoms with Gasteiger partial charge in [0, 0.05) is 10.5 Å². The van der Waals surface area contributed by atoms with Crippen LogP contribution in [0.1, 0.15) is 27.7 Å². The number of halogens is 1. The lowest BCUT2D eigenvalue weighted by Gasteiger charge is -2.18. The smallest absolute Gasteiger partial charge is 0.262 e. The summed E-state index contributed by atoms with van der Waals surface area (Å²) in [4.78, 5) is 29.5. The molecule has 2 unspecified atom stereocenters. The fraction of sp³-hybridized carbons (Fsp3) is 0.500. The largest absolute Gasteiger partial charge is 0.392 e. The van der Waals surface area contributed by atoms with Crippen molar-refractivity contribution in [3.63, 3.8) is 0 Å². The number of rotatable bonds is 7. The maximum atomic E-state index is 12.8. The molecule has 0 radical (unpaired) electrons. The highest BCUT2D eigenvalue weighted by Crippen LogP contribution is 2.21. The van der Waals surface area contributed by atoms with Gasteiger partial charge in [0.2, 0.25) is 5.91 Å². The van der Waals surface area contributed by atoms with Crippen LogP contribution in [0.4, 0.5) is 0 Å². The molecule has 0 aliphatic rings. The first kappa shape index (κ1) is 20.9. The first-order valence-electron chi connectivity index (χ1n) is 8.49. The summed E-state index contributed by atoms with van der Waals surface area (Å²) in [6.45, 7) is 7.79. The van der Waals surface area contributed by atoms with Gasteiger partial charge in [-0.1, -0.05) is 41.5 Å². The van der Waals surface area contributed by atoms with E-state index in [9.17, 15) is 14.7 Å². The average Bonchev–Trinajstić information content (AvgIpc) is 2.56. The molecule has 1 aromatic heterocycles. The molecule has 26 heavy (non-hydrogen) atoms. The molecule has 0 aliphatic carbocycles. The van der Waals surface area contributed by atoms with Crippen molar-refractivity contribution in [2.45, 2.75) is 51.5 Å². The van der Waals surface area contributed by atoms with Gasteiger partial charge in [0.15, 0.2) is 5.16 Å². The number of fused-ring (bicyclic) bond motifs is 1. The van der Waals surface area contributed by atoms with E-state index in [2.05, 4.69) is 26.2 Å². The van der Waals surface area contributed by atoms with Crippen molar-refractivity contribution in [1.29, 1.82) is 0 Å². The van der Waals surface area contributed by atoms with Crippen LogP contribution in [0.15, 0.2) is 32.6 Å². The Morgan fingerprint density at radius 2 is 2.04 bits per heavy atom. The molecule has 2 N–H and O–H groups in total. The lowest BCUT2D eigenvalue weighted by atomic mass is 10.1. The van der Waals surface area contributed by atoms with Crippen LogP contribution in [0.25, 0.3) is 10.9 Å². The highest BCUT2D eigenvalue weighted by molar-refractivity contribution is 9.10. The predicted molar refractivity (Wildman–Crippen MR) is 109 cm³/mol. The molecule has 0 bridgehead atoms. The van der Waals surface area contributed by atoms with Crippen LogP contribution in [0, 0.1) is 5.92 Å². The van der Waals surface area contributed by atoms with Gasteiger partial charge in [-0.05, 0) is 38.0 Å². The molecule has 2 aromatic rings. The van der Waals surface area contributed by atoms with Crippen molar-refractivity contribution >= 4 is 44.5 Å². The van der Waals surface area contributed by atoms with E-state index in [-0.39, 0.29) is 29.8 Å². The molecule has 2 rings (SSSR count). The second-order valence-electron chi connectivity index (χ2n) is 6.71. The molecule has 0 fully saturated rings. The first-order chi connectivity index (χ1) is 12.2. The van der Waals surface area contributed by atoms with Crippen molar-refractivity contribution in [3.05, 3.63) is 33.0 Å². The lowest BCUT2D eigenvalue weighted by molar-refractivity contribution is -0.119. The van der Waals surface area contributed by atoms with Gasteiger partial charge in [0.1, 0.15) is 0 Å². The molecule has 1 heterocycles. The molecule has 0 saturated heterocycles. The van der Waals surface area contributed by atoms with E-state index in [1.54, 1.807) is 19.1 Å². The molecular weight excluding hydrogens is 418 g/mol. The van der Waals surface area contributed by atoms with Crippen LogP contribution in [0.2, 0.25) is 0 Å². The van der Waals surface area contributed by atoms with Crippen LogP contribution < -0.4 is 10.9 Å². The standard InChI is InChI=1S/C18H24BrN3O3S/c1-10(2)12(4)20-16(24)9-26-18-21-15-6-5-13(19)7-14(15)17(25)22(18)8-11(3)23/h5-7,10-12,23H,8-9H2,1-4H3,(H,20,24). The van der Waals surface area contributed by atoms with Crippen LogP contribution >= 0.6 is 27.7 Å². The number of aliphatic hydroxyl groups is 1. The minimum Gasteiger partial charge on any atom is -0.392 e. The van der Waals surface area contributed by atoms with E-state index >= 15 is 0 Å². The van der Waals surface area contributed by atoms with Crippen molar-refractivity contribution in [1.82, 2.24) is 14.9 Å². The second-order valence-corrected chi connectivity index (χ2v) is 8.57. The zero-order chi connectivity index (χ0) is 19.4. The number of benzene rings is 1. The van der Waals surface area contributed by atoms with E-state index in [1.807, 2.05) is 26.8 Å². The van der Waals surface area contributed by atoms with E-state index in [0.29, 0.717) is 22.0 Å². The van der Waals surface area contributed by atoms with Crippen molar-refractivity contribution in [2.24, 2.45) is 5.92 Å². The number of hydrogen-bond donors (Lipinski definition) is 2. The minimum absolute atomic E-state index is 0.0738. The number of aromatic nitrogens is 2. The maximum Gasteiger partial charge on any atom is 0.262 e. The number of carbonyl (C=O) groups excluding carboxylic acids is 1. The van der Waals surface area contributed by atoms with E-state index in [0.717, 1.165) is 4.47 Å². The Kier molecular flexibility index (Phi) is 7.25. The Hall–Kier alpha value is -1.38. The topological polar surface area (TPSA) is 84.2 Å². The van der Waals surface area contributed by atoms with Crippen LogP contribution in [-0.2, 0) is 11.3 Å². The number of amides is 1. The molecular formula is C18H24BrN3O3S. The fourth-order valence-electron chi connectivity index (χ4n) is 2.30. The summed E-state index contributed by atoms with van der Waals surface area (Å²) in [5.41, 5.74) is 0.342. The summed E-state index contributed by atoms with van der Waals surface area (Å²) < 4.78 is 2.22. The number of nitrogens with zero attached hydrogens (tertiary/aromatic N) is 2. The van der Waals surface area contributed by atoms with Gasteiger partial charge in [0.25, 0.3) is 5.56 Å². The Labute approximate surface area is 165 Å². The van der Waals surface area contributed by atoms with Gasteiger partial charge in [-0.2, -0.15) is 0 Å². The average molecular weight is 442 g/mol. The number of carbonyl (C=O) groups is 1. The SMILES string of the molecule is CC(O)Cn1c(SCC(=O)NC(C)C(C)C)nc2ccc(Br)cc2c1=O. The van der Waals surface area contributed by atoms with E-state index < -0.39 is 6.10 Å². The molecule has 0 saturated carbocycles. The summed E-state index contributed by atoms with van der Waals surface area (Å²) in [5.74, 6) is 0.394. The van der Waals surface area contributed by atoms with E-state index in [1.165, 1.54) is 16.3 Å². The Bertz CT molecular complexity index is 851. The maximum absolute atomic E-state index is 12.8. The Morgan fingerprint density at radius 1 is 1.35 bits per heavy atom. The van der Waals surface area contributed by atoms with Gasteiger partial charge < -0.3 is 10.4 Å².